The van der Waals surface area contributed by atoms with Gasteiger partial charge in [-0.25, -0.2) is 36.9 Å². The summed E-state index contributed by atoms with van der Waals surface area (Å²) in [4.78, 5) is 117. The van der Waals surface area contributed by atoms with Gasteiger partial charge in [-0.05, 0) is 300 Å². The molecule has 15 aromatic rings. The number of hydrogen-bond donors (Lipinski definition) is 6. The molecule has 3 aliphatic rings. The number of pyridine rings is 3. The molecule has 18 rings (SSSR count). The van der Waals surface area contributed by atoms with Gasteiger partial charge in [-0.2, -0.15) is 0 Å². The lowest BCUT2D eigenvalue weighted by atomic mass is 9.85. The van der Waals surface area contributed by atoms with E-state index >= 15 is 4.39 Å². The van der Waals surface area contributed by atoms with Gasteiger partial charge in [0.1, 0.15) is 11.6 Å². The highest BCUT2D eigenvalue weighted by Crippen LogP contribution is 2.52. The van der Waals surface area contributed by atoms with Crippen molar-refractivity contribution in [2.75, 3.05) is 6.61 Å². The molecule has 0 atom stereocenters. The molecule has 25 heteroatoms. The maximum atomic E-state index is 16.0. The number of aryl methyl sites for hydroxylation is 2. The van der Waals surface area contributed by atoms with Crippen LogP contribution in [0.15, 0.2) is 229 Å². The molecule has 6 heterocycles. The predicted octanol–water partition coefficient (Wildman–Crippen LogP) is 14.5. The number of nitrogens with two attached hydrogens (primary N) is 3. The Balaban J connectivity index is 0.000000136. The van der Waals surface area contributed by atoms with Crippen LogP contribution in [0, 0.1) is 46.3 Å². The number of carbonyl (C=O) groups excluding carboxylic acids is 3. The molecular formula is C97H79Cl2F2N9O12. The van der Waals surface area contributed by atoms with Crippen LogP contribution in [0.3, 0.4) is 0 Å². The summed E-state index contributed by atoms with van der Waals surface area (Å²) in [6.07, 6.45) is 6.32. The van der Waals surface area contributed by atoms with Crippen molar-refractivity contribution in [3.63, 3.8) is 0 Å². The van der Waals surface area contributed by atoms with Gasteiger partial charge in [0.2, 0.25) is 17.7 Å². The number of aliphatic hydroxyl groups is 3. The van der Waals surface area contributed by atoms with Crippen molar-refractivity contribution in [3.8, 4) is 83.8 Å². The molecule has 6 aromatic heterocycles. The van der Waals surface area contributed by atoms with Crippen molar-refractivity contribution in [1.82, 2.24) is 26.9 Å². The second-order valence-electron chi connectivity index (χ2n) is 32.0. The van der Waals surface area contributed by atoms with Crippen LogP contribution in [0.5, 0.6) is 0 Å². The second kappa shape index (κ2) is 30.8. The van der Waals surface area contributed by atoms with E-state index in [1.54, 1.807) is 102 Å². The fourth-order valence-corrected chi connectivity index (χ4v) is 18.2. The summed E-state index contributed by atoms with van der Waals surface area (Å²) in [7, 11) is 0. The molecule has 0 unspecified atom stereocenters. The zero-order valence-corrected chi connectivity index (χ0v) is 69.0. The number of fused-ring (bicyclic) bond motifs is 12. The SMILES string of the molecule is Cc1c(-c2c(F)cc(C(N)=O)c3c2-c2ccc(CCO)cc2C3)cccc1-n1c(=O)cc2c(F)cccn2c1=O.Cc1cc(C(N)=O)c2c(c1-c1cccc(-n3c(=O)cc4c(Cl)cccn4c3=O)c1C)-c1ccc(C(C)(C)O)cc1C2.Cc1cc(C(N)=O)c2c(c1-c1cccc(-n3c(=O)cc4c(Cl)cccn4c3=O)c1C)-c1ccc(C(C)(C)O)cc1C2. The minimum absolute atomic E-state index is 0.0229. The van der Waals surface area contributed by atoms with Crippen molar-refractivity contribution >= 4 is 57.5 Å². The van der Waals surface area contributed by atoms with Crippen molar-refractivity contribution < 1.29 is 38.5 Å². The molecular weight excluding hydrogens is 1590 g/mol. The quantitative estimate of drug-likeness (QED) is 0.0628. The molecule has 3 amide bonds. The fraction of sp³-hybridized carbons (Fsp3) is 0.165. The maximum absolute atomic E-state index is 16.0. The Labute approximate surface area is 704 Å². The van der Waals surface area contributed by atoms with E-state index in [9.17, 15) is 62.9 Å². The Hall–Kier alpha value is -13.8. The van der Waals surface area contributed by atoms with Crippen LogP contribution in [-0.2, 0) is 36.9 Å². The number of amides is 3. The van der Waals surface area contributed by atoms with E-state index in [0.717, 1.165) is 153 Å². The number of aromatic nitrogens is 6. The van der Waals surface area contributed by atoms with E-state index in [1.807, 2.05) is 119 Å². The van der Waals surface area contributed by atoms with Gasteiger partial charge in [-0.15, -0.1) is 0 Å². The first-order valence-electron chi connectivity index (χ1n) is 39.1. The minimum Gasteiger partial charge on any atom is -0.396 e. The highest BCUT2D eigenvalue weighted by molar-refractivity contribution is 6.34. The molecule has 0 bridgehead atoms. The van der Waals surface area contributed by atoms with Crippen LogP contribution in [0.4, 0.5) is 8.78 Å². The lowest BCUT2D eigenvalue weighted by molar-refractivity contribution is 0.0780. The van der Waals surface area contributed by atoms with Gasteiger partial charge in [-0.3, -0.25) is 42.0 Å². The standard InChI is InChI=1S/2C33H28ClN3O4.C31H23F2N3O4/c2*1-17-13-24(31(35)39)23-15-19-14-20(33(3,4)41)10-11-22(19)30(23)29(17)21-7-5-9-26(18(21)2)37-28(38)16-27-25(34)8-6-12-36(27)32(37)40;1-16-19(4-2-6-25(16)36-27(38)15-26-23(32)5-3-10-35(26)31(36)40)29-24(33)14-22(30(34)39)21-13-18-12-17(9-11-37)7-8-20(18)28(21)29/h2*5-14,16,41H,15H2,1-4H3,(H2,35,39);2-8,10,12,14-15,37H,9,11,13H2,1H3,(H2,34,39). The van der Waals surface area contributed by atoms with E-state index in [4.69, 9.17) is 40.4 Å². The van der Waals surface area contributed by atoms with Gasteiger partial charge in [0.05, 0.1) is 54.9 Å². The third-order valence-electron chi connectivity index (χ3n) is 23.6. The van der Waals surface area contributed by atoms with E-state index < -0.39 is 74.3 Å². The molecule has 0 spiro atoms. The molecule has 0 saturated carbocycles. The van der Waals surface area contributed by atoms with E-state index in [2.05, 4.69) is 0 Å². The average Bonchev–Trinajstić information content (AvgIpc) is 1.54. The molecule has 0 radical (unpaired) electrons. The summed E-state index contributed by atoms with van der Waals surface area (Å²) >= 11 is 12.5. The zero-order valence-electron chi connectivity index (χ0n) is 67.5. The first-order chi connectivity index (χ1) is 58.0. The molecule has 612 valence electrons. The van der Waals surface area contributed by atoms with Crippen LogP contribution in [0.1, 0.15) is 137 Å². The maximum Gasteiger partial charge on any atom is 0.340 e. The Bertz CT molecular complexity index is 7250. The third-order valence-corrected chi connectivity index (χ3v) is 24.2. The lowest BCUT2D eigenvalue weighted by Gasteiger charge is -2.21. The summed E-state index contributed by atoms with van der Waals surface area (Å²) in [6.45, 7) is 16.2. The summed E-state index contributed by atoms with van der Waals surface area (Å²) < 4.78 is 37.2. The van der Waals surface area contributed by atoms with E-state index in [1.165, 1.54) is 33.2 Å². The van der Waals surface area contributed by atoms with Crippen molar-refractivity contribution in [2.24, 2.45) is 17.2 Å². The van der Waals surface area contributed by atoms with Crippen molar-refractivity contribution in [1.29, 1.82) is 0 Å². The van der Waals surface area contributed by atoms with Crippen LogP contribution in [0.2, 0.25) is 10.0 Å². The molecule has 0 aliphatic heterocycles. The number of halogens is 4. The van der Waals surface area contributed by atoms with Crippen LogP contribution < -0.4 is 50.9 Å². The van der Waals surface area contributed by atoms with Crippen LogP contribution in [0.25, 0.3) is 100 Å². The Kier molecular flexibility index (Phi) is 20.7. The first kappa shape index (κ1) is 81.9. The number of nitrogens with zero attached hydrogens (tertiary/aromatic N) is 6. The van der Waals surface area contributed by atoms with Gasteiger partial charge in [0, 0.05) is 65.7 Å². The molecule has 122 heavy (non-hydrogen) atoms. The minimum atomic E-state index is -1.02. The Morgan fingerprint density at radius 3 is 1.12 bits per heavy atom. The summed E-state index contributed by atoms with van der Waals surface area (Å²) in [5, 5.41) is 31.2. The zero-order chi connectivity index (χ0) is 87.0. The van der Waals surface area contributed by atoms with Crippen molar-refractivity contribution in [2.45, 2.75) is 99.2 Å². The number of rotatable bonds is 13. The average molecular weight is 1670 g/mol. The smallest absolute Gasteiger partial charge is 0.340 e. The number of benzene rings is 9. The van der Waals surface area contributed by atoms with Crippen molar-refractivity contribution in [3.05, 3.63) is 379 Å². The van der Waals surface area contributed by atoms with Gasteiger partial charge in [0.25, 0.3) is 16.7 Å². The number of carbonyl (C=O) groups is 3. The molecule has 3 aliphatic carbocycles. The van der Waals surface area contributed by atoms with Gasteiger partial charge < -0.3 is 32.5 Å². The predicted molar refractivity (Wildman–Crippen MR) is 469 cm³/mol. The summed E-state index contributed by atoms with van der Waals surface area (Å²) in [6, 6.07) is 50.8. The number of primary amides is 3. The van der Waals surface area contributed by atoms with E-state index in [0.29, 0.717) is 91.5 Å². The fourth-order valence-electron chi connectivity index (χ4n) is 17.7. The topological polar surface area (TPSA) is 320 Å². The normalized spacial score (nSPS) is 12.3. The molecule has 0 fully saturated rings. The lowest BCUT2D eigenvalue weighted by Crippen LogP contribution is -2.36. The highest BCUT2D eigenvalue weighted by atomic mass is 35.5. The van der Waals surface area contributed by atoms with E-state index in [-0.39, 0.29) is 28.9 Å². The van der Waals surface area contributed by atoms with Gasteiger partial charge in [-0.1, -0.05) is 114 Å². The molecule has 9 aromatic carbocycles. The highest BCUT2D eigenvalue weighted by Gasteiger charge is 2.36. The molecule has 9 N–H and O–H groups in total. The third kappa shape index (κ3) is 13.8. The van der Waals surface area contributed by atoms with Gasteiger partial charge in [0.15, 0.2) is 0 Å². The van der Waals surface area contributed by atoms with Crippen LogP contribution >= 0.6 is 23.2 Å². The largest absolute Gasteiger partial charge is 0.396 e. The summed E-state index contributed by atoms with van der Waals surface area (Å²) in [5.74, 6) is -3.15. The molecule has 0 saturated heterocycles. The second-order valence-corrected chi connectivity index (χ2v) is 32.8. The first-order valence-corrected chi connectivity index (χ1v) is 39.9. The van der Waals surface area contributed by atoms with Crippen LogP contribution in [-0.4, -0.2) is 66.6 Å². The Morgan fingerprint density at radius 2 is 0.738 bits per heavy atom. The Morgan fingerprint density at radius 1 is 0.393 bits per heavy atom. The number of aliphatic hydroxyl groups excluding tert-OH is 1. The van der Waals surface area contributed by atoms with Gasteiger partial charge >= 0.3 is 17.1 Å². The molecule has 21 nitrogen and oxygen atoms in total. The number of hydrogen-bond acceptors (Lipinski definition) is 12. The summed E-state index contributed by atoms with van der Waals surface area (Å²) in [5.41, 5.74) is 34.5. The monoisotopic (exact) mass is 1670 g/mol.